The van der Waals surface area contributed by atoms with E-state index in [9.17, 15) is 13.2 Å². The van der Waals surface area contributed by atoms with Gasteiger partial charge in [-0.2, -0.15) is 0 Å². The molecule has 2 aromatic rings. The van der Waals surface area contributed by atoms with Crippen molar-refractivity contribution < 1.29 is 13.2 Å². The summed E-state index contributed by atoms with van der Waals surface area (Å²) < 4.78 is 23.1. The van der Waals surface area contributed by atoms with Crippen molar-refractivity contribution in [2.45, 2.75) is 23.6 Å². The van der Waals surface area contributed by atoms with Crippen molar-refractivity contribution in [1.29, 1.82) is 0 Å². The summed E-state index contributed by atoms with van der Waals surface area (Å²) in [4.78, 5) is 15.1. The fourth-order valence-electron chi connectivity index (χ4n) is 2.32. The van der Waals surface area contributed by atoms with Crippen molar-refractivity contribution in [2.24, 2.45) is 5.14 Å². The van der Waals surface area contributed by atoms with Crippen LogP contribution in [0.5, 0.6) is 0 Å². The molecular formula is C18H23N3O3S2. The van der Waals surface area contributed by atoms with E-state index >= 15 is 0 Å². The number of rotatable bonds is 6. The molecule has 8 heteroatoms. The smallest absolute Gasteiger partial charge is 0.238 e. The van der Waals surface area contributed by atoms with Crippen LogP contribution in [-0.4, -0.2) is 34.2 Å². The van der Waals surface area contributed by atoms with E-state index < -0.39 is 10.0 Å². The van der Waals surface area contributed by atoms with Gasteiger partial charge in [0.25, 0.3) is 0 Å². The Morgan fingerprint density at radius 2 is 1.81 bits per heavy atom. The SMILES string of the molecule is Cc1ccc(SCC(=O)Nc2cc(S(N)(=O)=O)ccc2N(C)C)cc1C. The van der Waals surface area contributed by atoms with Gasteiger partial charge in [0.2, 0.25) is 15.9 Å². The highest BCUT2D eigenvalue weighted by Gasteiger charge is 2.15. The predicted molar refractivity (Wildman–Crippen MR) is 107 cm³/mol. The molecule has 0 aliphatic rings. The van der Waals surface area contributed by atoms with Crippen molar-refractivity contribution in [3.63, 3.8) is 0 Å². The van der Waals surface area contributed by atoms with Crippen LogP contribution in [0, 0.1) is 13.8 Å². The number of benzene rings is 2. The summed E-state index contributed by atoms with van der Waals surface area (Å²) in [6, 6.07) is 10.5. The van der Waals surface area contributed by atoms with Crippen LogP contribution >= 0.6 is 11.8 Å². The molecule has 0 saturated heterocycles. The van der Waals surface area contributed by atoms with E-state index in [2.05, 4.69) is 5.32 Å². The molecule has 0 atom stereocenters. The van der Waals surface area contributed by atoms with E-state index in [0.717, 1.165) is 4.90 Å². The normalized spacial score (nSPS) is 11.3. The lowest BCUT2D eigenvalue weighted by Crippen LogP contribution is -2.19. The topological polar surface area (TPSA) is 92.5 Å². The van der Waals surface area contributed by atoms with Crippen molar-refractivity contribution in [2.75, 3.05) is 30.1 Å². The Kier molecular flexibility index (Phi) is 6.33. The van der Waals surface area contributed by atoms with Gasteiger partial charge < -0.3 is 10.2 Å². The number of hydrogen-bond acceptors (Lipinski definition) is 5. The molecule has 0 radical (unpaired) electrons. The molecule has 0 aliphatic carbocycles. The van der Waals surface area contributed by atoms with E-state index in [0.29, 0.717) is 11.4 Å². The lowest BCUT2D eigenvalue weighted by molar-refractivity contribution is -0.113. The van der Waals surface area contributed by atoms with E-state index in [1.807, 2.05) is 46.1 Å². The molecule has 0 aromatic heterocycles. The summed E-state index contributed by atoms with van der Waals surface area (Å²) in [5.41, 5.74) is 3.48. The second-order valence-electron chi connectivity index (χ2n) is 6.20. The van der Waals surface area contributed by atoms with Gasteiger partial charge >= 0.3 is 0 Å². The Morgan fingerprint density at radius 1 is 1.12 bits per heavy atom. The number of aryl methyl sites for hydroxylation is 2. The molecule has 6 nitrogen and oxygen atoms in total. The first-order chi connectivity index (χ1) is 12.1. The maximum absolute atomic E-state index is 12.3. The minimum atomic E-state index is -3.84. The molecule has 0 saturated carbocycles. The molecule has 2 rings (SSSR count). The van der Waals surface area contributed by atoms with Gasteiger partial charge in [0.1, 0.15) is 0 Å². The number of primary sulfonamides is 1. The van der Waals surface area contributed by atoms with E-state index in [1.165, 1.54) is 35.0 Å². The fraction of sp³-hybridized carbons (Fsp3) is 0.278. The molecular weight excluding hydrogens is 370 g/mol. The fourth-order valence-corrected chi connectivity index (χ4v) is 3.66. The minimum absolute atomic E-state index is 0.0415. The summed E-state index contributed by atoms with van der Waals surface area (Å²) in [5.74, 6) is -0.00231. The zero-order valence-electron chi connectivity index (χ0n) is 15.2. The van der Waals surface area contributed by atoms with Crippen LogP contribution in [0.3, 0.4) is 0 Å². The number of amides is 1. The molecule has 0 aliphatic heterocycles. The lowest BCUT2D eigenvalue weighted by Gasteiger charge is -2.18. The summed E-state index contributed by atoms with van der Waals surface area (Å²) >= 11 is 1.43. The average Bonchev–Trinajstić information content (AvgIpc) is 2.55. The Hall–Kier alpha value is -2.03. The number of nitrogens with one attached hydrogen (secondary N) is 1. The summed E-state index contributed by atoms with van der Waals surface area (Å²) in [7, 11) is -0.221. The number of nitrogens with two attached hydrogens (primary N) is 1. The number of carbonyl (C=O) groups excluding carboxylic acids is 1. The van der Waals surface area contributed by atoms with Crippen LogP contribution in [0.2, 0.25) is 0 Å². The Balaban J connectivity index is 2.15. The molecule has 0 bridgehead atoms. The first-order valence-corrected chi connectivity index (χ1v) is 10.4. The van der Waals surface area contributed by atoms with Crippen LogP contribution in [-0.2, 0) is 14.8 Å². The average molecular weight is 394 g/mol. The maximum atomic E-state index is 12.3. The molecule has 2 aromatic carbocycles. The highest BCUT2D eigenvalue weighted by Crippen LogP contribution is 2.28. The van der Waals surface area contributed by atoms with Gasteiger partial charge in [-0.1, -0.05) is 6.07 Å². The van der Waals surface area contributed by atoms with Crippen LogP contribution in [0.1, 0.15) is 11.1 Å². The van der Waals surface area contributed by atoms with Crippen molar-refractivity contribution in [3.8, 4) is 0 Å². The highest BCUT2D eigenvalue weighted by molar-refractivity contribution is 8.00. The minimum Gasteiger partial charge on any atom is -0.376 e. The number of carbonyl (C=O) groups is 1. The van der Waals surface area contributed by atoms with Crippen molar-refractivity contribution in [1.82, 2.24) is 0 Å². The molecule has 1 amide bonds. The summed E-state index contributed by atoms with van der Waals surface area (Å²) in [6.07, 6.45) is 0. The largest absolute Gasteiger partial charge is 0.376 e. The number of hydrogen-bond donors (Lipinski definition) is 2. The molecule has 0 spiro atoms. The van der Waals surface area contributed by atoms with Gasteiger partial charge in [0.15, 0.2) is 0 Å². The Bertz CT molecular complexity index is 925. The second kappa shape index (κ2) is 8.11. The van der Waals surface area contributed by atoms with Gasteiger partial charge in [0.05, 0.1) is 22.0 Å². The van der Waals surface area contributed by atoms with Crippen LogP contribution < -0.4 is 15.4 Å². The third kappa shape index (κ3) is 5.23. The van der Waals surface area contributed by atoms with Crippen LogP contribution in [0.4, 0.5) is 11.4 Å². The third-order valence-electron chi connectivity index (χ3n) is 3.90. The maximum Gasteiger partial charge on any atom is 0.238 e. The number of thioether (sulfide) groups is 1. The first kappa shape index (κ1) is 20.3. The van der Waals surface area contributed by atoms with Crippen molar-refractivity contribution >= 4 is 39.1 Å². The quantitative estimate of drug-likeness (QED) is 0.736. The predicted octanol–water partition coefficient (Wildman–Crippen LogP) is 2.75. The Morgan fingerprint density at radius 3 is 2.38 bits per heavy atom. The monoisotopic (exact) mass is 393 g/mol. The molecule has 0 unspecified atom stereocenters. The molecule has 3 N–H and O–H groups in total. The highest BCUT2D eigenvalue weighted by atomic mass is 32.2. The second-order valence-corrected chi connectivity index (χ2v) is 8.81. The zero-order valence-corrected chi connectivity index (χ0v) is 16.9. The van der Waals surface area contributed by atoms with Gasteiger partial charge in [-0.05, 0) is 55.3 Å². The summed E-state index contributed by atoms with van der Waals surface area (Å²) in [5, 5.41) is 7.96. The molecule has 26 heavy (non-hydrogen) atoms. The van der Waals surface area contributed by atoms with Gasteiger partial charge in [-0.3, -0.25) is 4.79 Å². The standard InChI is InChI=1S/C18H23N3O3S2/c1-12-5-6-14(9-13(12)2)25-11-18(22)20-16-10-15(26(19,23)24)7-8-17(16)21(3)4/h5-10H,11H2,1-4H3,(H,20,22)(H2,19,23,24). The zero-order chi connectivity index (χ0) is 19.5. The van der Waals surface area contributed by atoms with Gasteiger partial charge in [-0.15, -0.1) is 11.8 Å². The van der Waals surface area contributed by atoms with E-state index in [4.69, 9.17) is 5.14 Å². The van der Waals surface area contributed by atoms with Gasteiger partial charge in [-0.25, -0.2) is 13.6 Å². The number of nitrogens with zero attached hydrogens (tertiary/aromatic N) is 1. The lowest BCUT2D eigenvalue weighted by atomic mass is 10.1. The molecule has 140 valence electrons. The van der Waals surface area contributed by atoms with Crippen LogP contribution in [0.25, 0.3) is 0 Å². The third-order valence-corrected chi connectivity index (χ3v) is 5.81. The van der Waals surface area contributed by atoms with E-state index in [1.54, 1.807) is 11.0 Å². The Labute approximate surface area is 158 Å². The van der Waals surface area contributed by atoms with Crippen molar-refractivity contribution in [3.05, 3.63) is 47.5 Å². The van der Waals surface area contributed by atoms with Gasteiger partial charge in [0, 0.05) is 19.0 Å². The molecule has 0 heterocycles. The first-order valence-electron chi connectivity index (χ1n) is 7.92. The number of anilines is 2. The van der Waals surface area contributed by atoms with E-state index in [-0.39, 0.29) is 16.6 Å². The summed E-state index contributed by atoms with van der Waals surface area (Å²) in [6.45, 7) is 4.07. The van der Waals surface area contributed by atoms with Crippen LogP contribution in [0.15, 0.2) is 46.2 Å². The molecule has 0 fully saturated rings. The number of sulfonamides is 1.